The van der Waals surface area contributed by atoms with Gasteiger partial charge in [-0.15, -0.1) is 0 Å². The van der Waals surface area contributed by atoms with Gasteiger partial charge in [0.05, 0.1) is 18.9 Å². The fourth-order valence-corrected chi connectivity index (χ4v) is 2.98. The number of piperazine rings is 1. The molecule has 0 radical (unpaired) electrons. The van der Waals surface area contributed by atoms with Crippen molar-refractivity contribution in [3.63, 3.8) is 0 Å². The maximum Gasteiger partial charge on any atom is 0.142 e. The van der Waals surface area contributed by atoms with Crippen molar-refractivity contribution in [2.75, 3.05) is 58.2 Å². The van der Waals surface area contributed by atoms with Crippen molar-refractivity contribution in [1.29, 1.82) is 0 Å². The first-order valence-corrected chi connectivity index (χ1v) is 8.79. The third-order valence-electron chi connectivity index (χ3n) is 4.36. The van der Waals surface area contributed by atoms with Crippen LogP contribution in [0.15, 0.2) is 18.2 Å². The number of nitrogen functional groups attached to an aromatic ring is 1. The Kier molecular flexibility index (Phi) is 7.65. The van der Waals surface area contributed by atoms with Crippen LogP contribution in [0, 0.1) is 0 Å². The van der Waals surface area contributed by atoms with Gasteiger partial charge in [-0.25, -0.2) is 0 Å². The van der Waals surface area contributed by atoms with Crippen LogP contribution in [0.2, 0.25) is 0 Å². The molecule has 130 valence electrons. The molecule has 23 heavy (non-hydrogen) atoms. The highest BCUT2D eigenvalue weighted by Crippen LogP contribution is 2.23. The number of hydrogen-bond donors (Lipinski definition) is 2. The van der Waals surface area contributed by atoms with Crippen LogP contribution in [0.5, 0.6) is 5.75 Å². The zero-order valence-corrected chi connectivity index (χ0v) is 14.3. The molecule has 1 heterocycles. The molecule has 1 aliphatic heterocycles. The van der Waals surface area contributed by atoms with Gasteiger partial charge in [0.1, 0.15) is 5.75 Å². The summed E-state index contributed by atoms with van der Waals surface area (Å²) in [4.78, 5) is 4.84. The van der Waals surface area contributed by atoms with Gasteiger partial charge in [-0.2, -0.15) is 0 Å². The first-order chi connectivity index (χ1) is 11.2. The van der Waals surface area contributed by atoms with Crippen molar-refractivity contribution < 1.29 is 9.84 Å². The minimum absolute atomic E-state index is 0.263. The highest BCUT2D eigenvalue weighted by atomic mass is 16.5. The van der Waals surface area contributed by atoms with E-state index in [1.807, 2.05) is 12.1 Å². The van der Waals surface area contributed by atoms with Crippen molar-refractivity contribution in [2.24, 2.45) is 0 Å². The van der Waals surface area contributed by atoms with E-state index in [1.165, 1.54) is 5.56 Å². The van der Waals surface area contributed by atoms with Gasteiger partial charge in [0.2, 0.25) is 0 Å². The van der Waals surface area contributed by atoms with Crippen molar-refractivity contribution >= 4 is 5.69 Å². The molecule has 0 atom stereocenters. The first kappa shape index (κ1) is 18.0. The zero-order valence-electron chi connectivity index (χ0n) is 14.3. The quantitative estimate of drug-likeness (QED) is 0.677. The summed E-state index contributed by atoms with van der Waals surface area (Å²) in [6, 6.07) is 6.17. The fourth-order valence-electron chi connectivity index (χ4n) is 2.98. The molecular formula is C18H31N3O2. The maximum atomic E-state index is 8.97. The molecule has 5 nitrogen and oxygen atoms in total. The van der Waals surface area contributed by atoms with Crippen LogP contribution in [-0.4, -0.2) is 67.4 Å². The first-order valence-electron chi connectivity index (χ1n) is 8.79. The van der Waals surface area contributed by atoms with Crippen molar-refractivity contribution in [2.45, 2.75) is 26.2 Å². The van der Waals surface area contributed by atoms with E-state index in [4.69, 9.17) is 15.6 Å². The molecule has 3 N–H and O–H groups in total. The lowest BCUT2D eigenvalue weighted by atomic mass is 10.1. The number of hydrogen-bond acceptors (Lipinski definition) is 5. The summed E-state index contributed by atoms with van der Waals surface area (Å²) in [6.45, 7) is 9.34. The smallest absolute Gasteiger partial charge is 0.142 e. The Morgan fingerprint density at radius 2 is 1.83 bits per heavy atom. The second-order valence-corrected chi connectivity index (χ2v) is 6.23. The molecule has 2 rings (SSSR count). The van der Waals surface area contributed by atoms with Gasteiger partial charge in [-0.3, -0.25) is 4.90 Å². The summed E-state index contributed by atoms with van der Waals surface area (Å²) in [6.07, 6.45) is 3.19. The lowest BCUT2D eigenvalue weighted by Gasteiger charge is -2.34. The number of β-amino-alcohol motifs (C(OH)–C–C–N with tert-alkyl or cyclic N) is 1. The second-order valence-electron chi connectivity index (χ2n) is 6.23. The molecule has 5 heteroatoms. The number of rotatable bonds is 9. The van der Waals surface area contributed by atoms with Gasteiger partial charge in [-0.1, -0.05) is 13.0 Å². The Labute approximate surface area is 140 Å². The Bertz CT molecular complexity index is 460. The molecule has 1 aromatic carbocycles. The van der Waals surface area contributed by atoms with Crippen LogP contribution in [0.4, 0.5) is 5.69 Å². The number of benzene rings is 1. The molecule has 0 amide bonds. The third-order valence-corrected chi connectivity index (χ3v) is 4.36. The largest absolute Gasteiger partial charge is 0.491 e. The SMILES string of the molecule is CCCOc1ccc(CCCN2CCN(CCO)CC2)cc1N. The van der Waals surface area contributed by atoms with Crippen LogP contribution in [0.3, 0.4) is 0 Å². The fraction of sp³-hybridized carbons (Fsp3) is 0.667. The van der Waals surface area contributed by atoms with E-state index in [-0.39, 0.29) is 6.61 Å². The van der Waals surface area contributed by atoms with Crippen LogP contribution in [0.1, 0.15) is 25.3 Å². The number of nitrogens with zero attached hydrogens (tertiary/aromatic N) is 2. The Morgan fingerprint density at radius 3 is 2.43 bits per heavy atom. The average molecular weight is 321 g/mol. The molecule has 0 aromatic heterocycles. The van der Waals surface area contributed by atoms with Gasteiger partial charge in [0, 0.05) is 32.7 Å². The standard InChI is InChI=1S/C18H31N3O2/c1-2-14-23-18-6-5-16(15-17(18)19)4-3-7-20-8-10-21(11-9-20)12-13-22/h5-6,15,22H,2-4,7-14,19H2,1H3. The number of nitrogens with two attached hydrogens (primary N) is 1. The molecule has 1 aliphatic rings. The lowest BCUT2D eigenvalue weighted by molar-refractivity contribution is 0.112. The Balaban J connectivity index is 1.69. The normalized spacial score (nSPS) is 16.6. The summed E-state index contributed by atoms with van der Waals surface area (Å²) in [5, 5.41) is 8.97. The van der Waals surface area contributed by atoms with Crippen LogP contribution >= 0.6 is 0 Å². The number of aliphatic hydroxyl groups is 1. The number of ether oxygens (including phenoxy) is 1. The van der Waals surface area contributed by atoms with Gasteiger partial charge >= 0.3 is 0 Å². The number of aliphatic hydroxyl groups excluding tert-OH is 1. The summed E-state index contributed by atoms with van der Waals surface area (Å²) in [7, 11) is 0. The van der Waals surface area contributed by atoms with Crippen molar-refractivity contribution in [3.05, 3.63) is 23.8 Å². The van der Waals surface area contributed by atoms with E-state index >= 15 is 0 Å². The lowest BCUT2D eigenvalue weighted by Crippen LogP contribution is -2.47. The minimum Gasteiger partial charge on any atom is -0.491 e. The Morgan fingerprint density at radius 1 is 1.13 bits per heavy atom. The third kappa shape index (κ3) is 6.01. The van der Waals surface area contributed by atoms with Crippen molar-refractivity contribution in [1.82, 2.24) is 9.80 Å². The molecule has 0 saturated carbocycles. The summed E-state index contributed by atoms with van der Waals surface area (Å²) >= 11 is 0. The van der Waals surface area contributed by atoms with Gasteiger partial charge in [0.25, 0.3) is 0 Å². The van der Waals surface area contributed by atoms with E-state index < -0.39 is 0 Å². The van der Waals surface area contributed by atoms with E-state index in [9.17, 15) is 0 Å². The molecule has 0 spiro atoms. The van der Waals surface area contributed by atoms with Crippen LogP contribution < -0.4 is 10.5 Å². The topological polar surface area (TPSA) is 62.0 Å². The number of aryl methyl sites for hydroxylation is 1. The molecular weight excluding hydrogens is 290 g/mol. The highest BCUT2D eigenvalue weighted by molar-refractivity contribution is 5.54. The molecule has 1 saturated heterocycles. The van der Waals surface area contributed by atoms with Crippen LogP contribution in [0.25, 0.3) is 0 Å². The van der Waals surface area contributed by atoms with E-state index in [0.717, 1.165) is 70.0 Å². The predicted molar refractivity (Wildman–Crippen MR) is 94.9 cm³/mol. The van der Waals surface area contributed by atoms with Crippen LogP contribution in [-0.2, 0) is 6.42 Å². The monoisotopic (exact) mass is 321 g/mol. The Hall–Kier alpha value is -1.30. The van der Waals surface area contributed by atoms with Crippen molar-refractivity contribution in [3.8, 4) is 5.75 Å². The molecule has 0 bridgehead atoms. The summed E-state index contributed by atoms with van der Waals surface area (Å²) in [5.41, 5.74) is 8.09. The second kappa shape index (κ2) is 9.75. The summed E-state index contributed by atoms with van der Waals surface area (Å²) < 4.78 is 5.61. The van der Waals surface area contributed by atoms with E-state index in [1.54, 1.807) is 0 Å². The predicted octanol–water partition coefficient (Wildman–Crippen LogP) is 1.60. The van der Waals surface area contributed by atoms with Gasteiger partial charge < -0.3 is 20.5 Å². The van der Waals surface area contributed by atoms with Gasteiger partial charge in [0.15, 0.2) is 0 Å². The molecule has 1 aromatic rings. The summed E-state index contributed by atoms with van der Waals surface area (Å²) in [5.74, 6) is 0.801. The molecule has 0 unspecified atom stereocenters. The average Bonchev–Trinajstić information content (AvgIpc) is 2.56. The molecule has 1 fully saturated rings. The maximum absolute atomic E-state index is 8.97. The van der Waals surface area contributed by atoms with E-state index in [2.05, 4.69) is 22.8 Å². The number of anilines is 1. The van der Waals surface area contributed by atoms with E-state index in [0.29, 0.717) is 6.61 Å². The van der Waals surface area contributed by atoms with Gasteiger partial charge in [-0.05, 0) is 43.5 Å². The molecule has 0 aliphatic carbocycles. The zero-order chi connectivity index (χ0) is 16.5. The minimum atomic E-state index is 0.263. The highest BCUT2D eigenvalue weighted by Gasteiger charge is 2.15.